The maximum Gasteiger partial charge on any atom is 0.223 e. The number of carbonyl (C=O) groups excluding carboxylic acids is 1. The lowest BCUT2D eigenvalue weighted by atomic mass is 9.74. The molecule has 4 rings (SSSR count). The van der Waals surface area contributed by atoms with E-state index in [1.165, 1.54) is 0 Å². The summed E-state index contributed by atoms with van der Waals surface area (Å²) in [4.78, 5) is 25.7. The van der Waals surface area contributed by atoms with E-state index in [9.17, 15) is 14.9 Å². The molecule has 1 aliphatic carbocycles. The predicted molar refractivity (Wildman–Crippen MR) is 93.9 cm³/mol. The van der Waals surface area contributed by atoms with Crippen molar-refractivity contribution in [3.63, 3.8) is 0 Å². The zero-order valence-electron chi connectivity index (χ0n) is 15.4. The third kappa shape index (κ3) is 2.15. The van der Waals surface area contributed by atoms with Crippen LogP contribution in [0.5, 0.6) is 11.5 Å². The van der Waals surface area contributed by atoms with Crippen LogP contribution in [0, 0.1) is 27.9 Å². The van der Waals surface area contributed by atoms with E-state index >= 15 is 0 Å². The van der Waals surface area contributed by atoms with E-state index in [2.05, 4.69) is 6.92 Å². The summed E-state index contributed by atoms with van der Waals surface area (Å²) in [7, 11) is 3.22. The predicted octanol–water partition coefficient (Wildman–Crippen LogP) is 2.24. The van der Waals surface area contributed by atoms with Crippen molar-refractivity contribution in [3.05, 3.63) is 33.4 Å². The van der Waals surface area contributed by atoms with Crippen molar-refractivity contribution in [1.29, 1.82) is 0 Å². The Bertz CT molecular complexity index is 779. The standard InChI is InChI=1S/C19H24N2O5/c1-11-9-19-14-7-17(26-3)16(25-2)6-12(14)4-5-20(19)18(22)8-15(19)13(11)10-21(23)24/h6-7,11,13,15H,4-5,8-10H2,1-3H3/t11?,13-,15?,19?/m1/s1. The third-order valence-corrected chi connectivity index (χ3v) is 6.71. The molecule has 1 aromatic rings. The Morgan fingerprint density at radius 2 is 2.00 bits per heavy atom. The molecule has 2 heterocycles. The molecule has 3 aliphatic rings. The second-order valence-corrected chi connectivity index (χ2v) is 7.76. The van der Waals surface area contributed by atoms with E-state index in [0.29, 0.717) is 24.5 Å². The molecule has 1 spiro atoms. The fraction of sp³-hybridized carbons (Fsp3) is 0.632. The van der Waals surface area contributed by atoms with E-state index in [1.54, 1.807) is 14.2 Å². The first kappa shape index (κ1) is 17.1. The van der Waals surface area contributed by atoms with Gasteiger partial charge in [-0.1, -0.05) is 6.92 Å². The molecule has 0 aromatic heterocycles. The molecule has 140 valence electrons. The molecule has 4 atom stereocenters. The maximum atomic E-state index is 12.7. The normalized spacial score (nSPS) is 32.0. The van der Waals surface area contributed by atoms with Gasteiger partial charge >= 0.3 is 0 Å². The molecule has 1 saturated carbocycles. The summed E-state index contributed by atoms with van der Waals surface area (Å²) in [6.07, 6.45) is 1.94. The van der Waals surface area contributed by atoms with Crippen LogP contribution in [0.1, 0.15) is 30.9 Å². The zero-order chi connectivity index (χ0) is 18.6. The van der Waals surface area contributed by atoms with Gasteiger partial charge in [-0.15, -0.1) is 0 Å². The molecular formula is C19H24N2O5. The average Bonchev–Trinajstić information content (AvgIpc) is 3.03. The fourth-order valence-electron chi connectivity index (χ4n) is 5.72. The van der Waals surface area contributed by atoms with E-state index in [4.69, 9.17) is 9.47 Å². The molecule has 7 heteroatoms. The molecule has 26 heavy (non-hydrogen) atoms. The average molecular weight is 360 g/mol. The number of nitro groups is 1. The van der Waals surface area contributed by atoms with Crippen LogP contribution in [0.4, 0.5) is 0 Å². The summed E-state index contributed by atoms with van der Waals surface area (Å²) >= 11 is 0. The highest BCUT2D eigenvalue weighted by molar-refractivity contribution is 5.82. The van der Waals surface area contributed by atoms with Gasteiger partial charge in [0.1, 0.15) is 0 Å². The zero-order valence-corrected chi connectivity index (χ0v) is 15.4. The Balaban J connectivity index is 1.88. The molecule has 2 fully saturated rings. The summed E-state index contributed by atoms with van der Waals surface area (Å²) in [6.45, 7) is 2.67. The van der Waals surface area contributed by atoms with Gasteiger partial charge in [-0.05, 0) is 42.0 Å². The number of hydrogen-bond acceptors (Lipinski definition) is 5. The molecule has 0 radical (unpaired) electrons. The first-order valence-electron chi connectivity index (χ1n) is 9.10. The van der Waals surface area contributed by atoms with Crippen LogP contribution in [0.25, 0.3) is 0 Å². The Morgan fingerprint density at radius 1 is 1.31 bits per heavy atom. The second-order valence-electron chi connectivity index (χ2n) is 7.76. The number of carbonyl (C=O) groups is 1. The molecule has 7 nitrogen and oxygen atoms in total. The lowest BCUT2D eigenvalue weighted by Gasteiger charge is -2.44. The monoisotopic (exact) mass is 360 g/mol. The van der Waals surface area contributed by atoms with Crippen molar-refractivity contribution in [2.24, 2.45) is 17.8 Å². The summed E-state index contributed by atoms with van der Waals surface area (Å²) in [5, 5.41) is 11.2. The quantitative estimate of drug-likeness (QED) is 0.607. The van der Waals surface area contributed by atoms with Gasteiger partial charge in [-0.3, -0.25) is 14.9 Å². The molecule has 1 amide bonds. The van der Waals surface area contributed by atoms with Gasteiger partial charge < -0.3 is 14.4 Å². The number of ether oxygens (including phenoxy) is 2. The highest BCUT2D eigenvalue weighted by Crippen LogP contribution is 2.61. The minimum atomic E-state index is -0.440. The van der Waals surface area contributed by atoms with E-state index < -0.39 is 5.54 Å². The van der Waals surface area contributed by atoms with Crippen LogP contribution in [-0.4, -0.2) is 43.0 Å². The maximum absolute atomic E-state index is 12.7. The van der Waals surface area contributed by atoms with E-state index in [-0.39, 0.29) is 35.1 Å². The van der Waals surface area contributed by atoms with E-state index in [1.807, 2.05) is 17.0 Å². The Kier molecular flexibility index (Phi) is 3.86. The van der Waals surface area contributed by atoms with Crippen molar-refractivity contribution in [2.75, 3.05) is 27.3 Å². The summed E-state index contributed by atoms with van der Waals surface area (Å²) in [6, 6.07) is 4.00. The van der Waals surface area contributed by atoms with Gasteiger partial charge in [0.2, 0.25) is 12.5 Å². The topological polar surface area (TPSA) is 81.9 Å². The van der Waals surface area contributed by atoms with Crippen molar-refractivity contribution in [1.82, 2.24) is 4.90 Å². The summed E-state index contributed by atoms with van der Waals surface area (Å²) < 4.78 is 10.9. The molecule has 0 N–H and O–H groups in total. The smallest absolute Gasteiger partial charge is 0.223 e. The van der Waals surface area contributed by atoms with Crippen LogP contribution < -0.4 is 9.47 Å². The first-order valence-corrected chi connectivity index (χ1v) is 9.10. The van der Waals surface area contributed by atoms with Gasteiger partial charge in [0.05, 0.1) is 19.8 Å². The van der Waals surface area contributed by atoms with Crippen LogP contribution in [0.3, 0.4) is 0 Å². The third-order valence-electron chi connectivity index (χ3n) is 6.71. The van der Waals surface area contributed by atoms with Gasteiger partial charge in [-0.2, -0.15) is 0 Å². The van der Waals surface area contributed by atoms with Gasteiger partial charge in [-0.25, -0.2) is 0 Å². The number of hydrogen-bond donors (Lipinski definition) is 0. The fourth-order valence-corrected chi connectivity index (χ4v) is 5.72. The lowest BCUT2D eigenvalue weighted by molar-refractivity contribution is -0.491. The van der Waals surface area contributed by atoms with Gasteiger partial charge in [0.15, 0.2) is 11.5 Å². The van der Waals surface area contributed by atoms with Crippen LogP contribution in [0.15, 0.2) is 12.1 Å². The summed E-state index contributed by atoms with van der Waals surface area (Å²) in [5.74, 6) is 1.54. The SMILES string of the molecule is COc1cc2c(cc1OC)C13CC(C)[C@@H](C[N+](=O)[O-])C1CC(=O)N3CC2. The van der Waals surface area contributed by atoms with Gasteiger partial charge in [0, 0.05) is 29.7 Å². The number of benzene rings is 1. The second kappa shape index (κ2) is 5.86. The van der Waals surface area contributed by atoms with Crippen LogP contribution in [-0.2, 0) is 16.8 Å². The largest absolute Gasteiger partial charge is 0.493 e. The number of methoxy groups -OCH3 is 2. The number of fused-ring (bicyclic) bond motifs is 1. The highest BCUT2D eigenvalue weighted by atomic mass is 16.6. The van der Waals surface area contributed by atoms with Crippen molar-refractivity contribution in [3.8, 4) is 11.5 Å². The van der Waals surface area contributed by atoms with Crippen LogP contribution in [0.2, 0.25) is 0 Å². The van der Waals surface area contributed by atoms with Crippen molar-refractivity contribution < 1.29 is 19.2 Å². The summed E-state index contributed by atoms with van der Waals surface area (Å²) in [5.41, 5.74) is 1.81. The molecule has 1 aromatic carbocycles. The Labute approximate surface area is 152 Å². The Morgan fingerprint density at radius 3 is 2.65 bits per heavy atom. The number of rotatable bonds is 4. The highest BCUT2D eigenvalue weighted by Gasteiger charge is 2.64. The molecule has 1 saturated heterocycles. The molecule has 0 bridgehead atoms. The molecular weight excluding hydrogens is 336 g/mol. The number of nitrogens with zero attached hydrogens (tertiary/aromatic N) is 2. The first-order chi connectivity index (χ1) is 12.4. The van der Waals surface area contributed by atoms with Crippen LogP contribution >= 0.6 is 0 Å². The number of amides is 1. The van der Waals surface area contributed by atoms with Crippen molar-refractivity contribution >= 4 is 5.91 Å². The minimum absolute atomic E-state index is 0.0208. The van der Waals surface area contributed by atoms with Gasteiger partial charge in [0.25, 0.3) is 0 Å². The van der Waals surface area contributed by atoms with E-state index in [0.717, 1.165) is 24.0 Å². The molecule has 2 aliphatic heterocycles. The molecule has 3 unspecified atom stereocenters. The lowest BCUT2D eigenvalue weighted by Crippen LogP contribution is -2.49. The minimum Gasteiger partial charge on any atom is -0.493 e. The Hall–Kier alpha value is -2.31. The van der Waals surface area contributed by atoms with Crippen molar-refractivity contribution in [2.45, 2.75) is 31.7 Å².